The zero-order valence-electron chi connectivity index (χ0n) is 3.38. The average Bonchev–Trinajstić information content (AvgIpc) is 0.722. The van der Waals surface area contributed by atoms with Crippen molar-refractivity contribution in [2.75, 3.05) is 6.26 Å². The maximum atomic E-state index is 9.19. The summed E-state index contributed by atoms with van der Waals surface area (Å²) in [5.74, 6) is 0. The molecule has 3 nitrogen and oxygen atoms in total. The van der Waals surface area contributed by atoms with Gasteiger partial charge in [0.1, 0.15) is 0 Å². The zero-order valence-corrected chi connectivity index (χ0v) is 9.69. The van der Waals surface area contributed by atoms with E-state index in [0.717, 1.165) is 0 Å². The fourth-order valence-electron chi connectivity index (χ4n) is 0. The molecule has 0 aromatic carbocycles. The first kappa shape index (κ1) is 9.92. The first-order chi connectivity index (χ1) is 2.00. The minimum absolute atomic E-state index is 0. The van der Waals surface area contributed by atoms with Gasteiger partial charge in [0.2, 0.25) is 0 Å². The fraction of sp³-hybridized carbons (Fsp3) is 1.00. The summed E-state index contributed by atoms with van der Waals surface area (Å²) in [5, 5.41) is 0. The Morgan fingerprint density at radius 2 is 1.50 bits per heavy atom. The Balaban J connectivity index is 0. The van der Waals surface area contributed by atoms with E-state index in [1.165, 1.54) is 0 Å². The standard InChI is InChI=1S/CH4O3S.Bi.3H/c1-5(2,3)4;;;;/h1H3,(H,2,3,4);;;;. The Morgan fingerprint density at radius 1 is 1.50 bits per heavy atom. The predicted molar refractivity (Wildman–Crippen MR) is 27.4 cm³/mol. The molecule has 0 unspecified atom stereocenters. The molecule has 0 amide bonds. The minimum atomic E-state index is -3.67. The van der Waals surface area contributed by atoms with Gasteiger partial charge >= 0.3 is 26.2 Å². The zero-order chi connectivity index (χ0) is 4.50. The van der Waals surface area contributed by atoms with Crippen molar-refractivity contribution < 1.29 is 13.0 Å². The molecule has 0 aliphatic heterocycles. The summed E-state index contributed by atoms with van der Waals surface area (Å²) >= 11 is 0. The van der Waals surface area contributed by atoms with E-state index in [2.05, 4.69) is 0 Å². The van der Waals surface area contributed by atoms with E-state index in [1.54, 1.807) is 0 Å². The molecule has 40 valence electrons. The van der Waals surface area contributed by atoms with E-state index in [-0.39, 0.29) is 26.2 Å². The van der Waals surface area contributed by atoms with Gasteiger partial charge in [0, 0.05) is 0 Å². The van der Waals surface area contributed by atoms with Crippen LogP contribution in [0.25, 0.3) is 0 Å². The molecule has 5 heteroatoms. The molecular formula is CH7BiO3S. The van der Waals surface area contributed by atoms with Crippen LogP contribution in [0.4, 0.5) is 0 Å². The van der Waals surface area contributed by atoms with Gasteiger partial charge in [0.25, 0.3) is 10.1 Å². The molecule has 0 rings (SSSR count). The SMILES string of the molecule is CS(=O)(=O)O.[BiH3]. The Labute approximate surface area is 55.6 Å². The molecule has 0 bridgehead atoms. The van der Waals surface area contributed by atoms with Gasteiger partial charge in [-0.05, 0) is 0 Å². The van der Waals surface area contributed by atoms with Gasteiger partial charge in [-0.3, -0.25) is 4.55 Å². The molecule has 0 saturated heterocycles. The summed E-state index contributed by atoms with van der Waals surface area (Å²) in [7, 11) is -3.67. The topological polar surface area (TPSA) is 54.4 Å². The van der Waals surface area contributed by atoms with Crippen LogP contribution >= 0.6 is 0 Å². The van der Waals surface area contributed by atoms with Crippen LogP contribution in [0.2, 0.25) is 0 Å². The first-order valence-corrected chi connectivity index (χ1v) is 2.77. The van der Waals surface area contributed by atoms with Crippen molar-refractivity contribution >= 4 is 36.3 Å². The number of hydrogen-bond acceptors (Lipinski definition) is 2. The molecule has 0 aliphatic carbocycles. The van der Waals surface area contributed by atoms with Crippen LogP contribution in [-0.4, -0.2) is 45.4 Å². The van der Waals surface area contributed by atoms with Gasteiger partial charge in [0.05, 0.1) is 6.26 Å². The molecule has 0 aromatic rings. The molecule has 1 N–H and O–H groups in total. The van der Waals surface area contributed by atoms with Gasteiger partial charge in [0.15, 0.2) is 0 Å². The van der Waals surface area contributed by atoms with Gasteiger partial charge < -0.3 is 0 Å². The second kappa shape index (κ2) is 2.88. The van der Waals surface area contributed by atoms with Crippen LogP contribution < -0.4 is 0 Å². The maximum absolute atomic E-state index is 9.19. The summed E-state index contributed by atoms with van der Waals surface area (Å²) in [6.45, 7) is 0. The van der Waals surface area contributed by atoms with Crippen molar-refractivity contribution in [1.82, 2.24) is 0 Å². The van der Waals surface area contributed by atoms with E-state index in [0.29, 0.717) is 6.26 Å². The van der Waals surface area contributed by atoms with Crippen LogP contribution in [0, 0.1) is 0 Å². The molecule has 0 aliphatic rings. The summed E-state index contributed by atoms with van der Waals surface area (Å²) in [6.07, 6.45) is 0.715. The Morgan fingerprint density at radius 3 is 1.50 bits per heavy atom. The second-order valence-corrected chi connectivity index (χ2v) is 2.20. The number of hydrogen-bond donors (Lipinski definition) is 1. The van der Waals surface area contributed by atoms with Gasteiger partial charge in [-0.2, -0.15) is 8.42 Å². The van der Waals surface area contributed by atoms with Crippen molar-refractivity contribution in [3.05, 3.63) is 0 Å². The first-order valence-electron chi connectivity index (χ1n) is 0.924. The molecular weight excluding hydrogens is 301 g/mol. The van der Waals surface area contributed by atoms with Crippen LogP contribution in [0.15, 0.2) is 0 Å². The quantitative estimate of drug-likeness (QED) is 0.430. The van der Waals surface area contributed by atoms with E-state index in [1.807, 2.05) is 0 Å². The van der Waals surface area contributed by atoms with Crippen molar-refractivity contribution in [3.8, 4) is 0 Å². The molecule has 0 atom stereocenters. The molecule has 6 heavy (non-hydrogen) atoms. The van der Waals surface area contributed by atoms with Gasteiger partial charge in [-0.15, -0.1) is 0 Å². The molecule has 0 radical (unpaired) electrons. The monoisotopic (exact) mass is 308 g/mol. The van der Waals surface area contributed by atoms with Crippen molar-refractivity contribution in [1.29, 1.82) is 0 Å². The van der Waals surface area contributed by atoms with Crippen molar-refractivity contribution in [3.63, 3.8) is 0 Å². The Hall–Kier alpha value is 0.793. The van der Waals surface area contributed by atoms with Gasteiger partial charge in [-0.25, -0.2) is 0 Å². The van der Waals surface area contributed by atoms with E-state index < -0.39 is 10.1 Å². The predicted octanol–water partition coefficient (Wildman–Crippen LogP) is -1.68. The average molecular weight is 308 g/mol. The molecule has 0 aromatic heterocycles. The van der Waals surface area contributed by atoms with Crippen molar-refractivity contribution in [2.45, 2.75) is 0 Å². The van der Waals surface area contributed by atoms with E-state index in [4.69, 9.17) is 4.55 Å². The second-order valence-electron chi connectivity index (χ2n) is 0.733. The third-order valence-electron chi connectivity index (χ3n) is 0. The number of rotatable bonds is 0. The van der Waals surface area contributed by atoms with Gasteiger partial charge in [-0.1, -0.05) is 0 Å². The Bertz CT molecular complexity index is 94.0. The molecule has 0 heterocycles. The third-order valence-corrected chi connectivity index (χ3v) is 0. The van der Waals surface area contributed by atoms with Crippen molar-refractivity contribution in [2.24, 2.45) is 0 Å². The summed E-state index contributed by atoms with van der Waals surface area (Å²) in [5.41, 5.74) is 0. The summed E-state index contributed by atoms with van der Waals surface area (Å²) < 4.78 is 25.9. The van der Waals surface area contributed by atoms with Crippen LogP contribution in [0.3, 0.4) is 0 Å². The molecule has 0 saturated carbocycles. The molecule has 0 spiro atoms. The van der Waals surface area contributed by atoms with Crippen LogP contribution in [-0.2, 0) is 10.1 Å². The normalized spacial score (nSPS) is 9.67. The Kier molecular flexibility index (Phi) is 4.77. The van der Waals surface area contributed by atoms with Crippen LogP contribution in [0.5, 0.6) is 0 Å². The fourth-order valence-corrected chi connectivity index (χ4v) is 0. The van der Waals surface area contributed by atoms with Crippen LogP contribution in [0.1, 0.15) is 0 Å². The van der Waals surface area contributed by atoms with E-state index >= 15 is 0 Å². The third kappa shape index (κ3) is 110. The molecule has 0 fully saturated rings. The summed E-state index contributed by atoms with van der Waals surface area (Å²) in [6, 6.07) is 0. The summed E-state index contributed by atoms with van der Waals surface area (Å²) in [4.78, 5) is 0. The van der Waals surface area contributed by atoms with E-state index in [9.17, 15) is 8.42 Å².